The molecule has 0 fully saturated rings. The smallest absolute Gasteiger partial charge is 0.191 e. The van der Waals surface area contributed by atoms with Gasteiger partial charge in [-0.2, -0.15) is 0 Å². The molecule has 2 rings (SSSR count). The van der Waals surface area contributed by atoms with E-state index in [4.69, 9.17) is 14.5 Å². The van der Waals surface area contributed by atoms with Gasteiger partial charge in [-0.3, -0.25) is 4.99 Å². The van der Waals surface area contributed by atoms with Gasteiger partial charge in [0.25, 0.3) is 0 Å². The minimum atomic E-state index is 0. The van der Waals surface area contributed by atoms with Crippen LogP contribution in [-0.4, -0.2) is 54.1 Å². The van der Waals surface area contributed by atoms with Crippen molar-refractivity contribution in [2.45, 2.75) is 52.6 Å². The van der Waals surface area contributed by atoms with Gasteiger partial charge in [0.1, 0.15) is 12.2 Å². The van der Waals surface area contributed by atoms with E-state index in [0.29, 0.717) is 12.6 Å². The topological polar surface area (TPSA) is 85.6 Å². The normalized spacial score (nSPS) is 12.1. The third-order valence-corrected chi connectivity index (χ3v) is 4.77. The summed E-state index contributed by atoms with van der Waals surface area (Å²) < 4.78 is 12.7. The van der Waals surface area contributed by atoms with E-state index in [2.05, 4.69) is 46.2 Å². The Hall–Kier alpha value is -2.04. The van der Waals surface area contributed by atoms with Crippen LogP contribution < -0.4 is 20.1 Å². The summed E-state index contributed by atoms with van der Waals surface area (Å²) in [5.41, 5.74) is 1.16. The molecule has 0 saturated heterocycles. The van der Waals surface area contributed by atoms with Crippen LogP contribution >= 0.6 is 24.0 Å². The molecule has 0 radical (unpaired) electrons. The molecule has 2 N–H and O–H groups in total. The van der Waals surface area contributed by atoms with Gasteiger partial charge in [0.05, 0.1) is 14.2 Å². The number of hydrogen-bond donors (Lipinski definition) is 2. The third-order valence-electron chi connectivity index (χ3n) is 4.77. The van der Waals surface area contributed by atoms with E-state index >= 15 is 0 Å². The molecular weight excluding hydrogens is 495 g/mol. The number of halogens is 1. The first-order chi connectivity index (χ1) is 14.1. The zero-order valence-corrected chi connectivity index (χ0v) is 21.0. The molecule has 1 unspecified atom stereocenters. The maximum atomic E-state index is 5.38. The fourth-order valence-electron chi connectivity index (χ4n) is 2.86. The largest absolute Gasteiger partial charge is 0.493 e. The first kappa shape index (κ1) is 26.0. The number of aromatic nitrogens is 3. The minimum absolute atomic E-state index is 0. The van der Waals surface area contributed by atoms with E-state index in [1.165, 1.54) is 0 Å². The number of nitrogens with one attached hydrogen (secondary N) is 2. The summed E-state index contributed by atoms with van der Waals surface area (Å²) >= 11 is 0. The molecular formula is C21H35IN6O2. The Morgan fingerprint density at radius 1 is 1.20 bits per heavy atom. The van der Waals surface area contributed by atoms with Crippen LogP contribution in [0.25, 0.3) is 0 Å². The van der Waals surface area contributed by atoms with E-state index in [9.17, 15) is 0 Å². The molecule has 1 atom stereocenters. The molecule has 1 aromatic carbocycles. The van der Waals surface area contributed by atoms with E-state index < -0.39 is 0 Å². The number of benzene rings is 1. The van der Waals surface area contributed by atoms with Gasteiger partial charge in [0, 0.05) is 32.1 Å². The van der Waals surface area contributed by atoms with Gasteiger partial charge in [-0.1, -0.05) is 19.9 Å². The number of guanidine groups is 1. The highest BCUT2D eigenvalue weighted by molar-refractivity contribution is 14.0. The van der Waals surface area contributed by atoms with Gasteiger partial charge in [-0.25, -0.2) is 0 Å². The van der Waals surface area contributed by atoms with E-state index in [-0.39, 0.29) is 24.0 Å². The highest BCUT2D eigenvalue weighted by atomic mass is 127. The second-order valence-corrected chi connectivity index (χ2v) is 6.84. The number of nitrogens with zero attached hydrogens (tertiary/aromatic N) is 4. The molecule has 0 spiro atoms. The molecule has 0 aliphatic carbocycles. The van der Waals surface area contributed by atoms with E-state index in [0.717, 1.165) is 61.2 Å². The first-order valence-corrected chi connectivity index (χ1v) is 10.2. The SMILES string of the molecule is CCc1nncn1CCNC(=NCCc1ccc(OC)c(OC)c1)NC(C)CC.I. The third kappa shape index (κ3) is 8.00. The fraction of sp³-hybridized carbons (Fsp3) is 0.571. The van der Waals surface area contributed by atoms with Crippen LogP contribution in [0.2, 0.25) is 0 Å². The lowest BCUT2D eigenvalue weighted by atomic mass is 10.1. The standard InChI is InChI=1S/C21H34N6O2.HI/c1-6-16(3)25-21(23-12-13-27-15-24-26-20(27)7-2)22-11-10-17-8-9-18(28-4)19(14-17)29-5;/h8-9,14-16H,6-7,10-13H2,1-5H3,(H2,22,23,25);1H. The number of methoxy groups -OCH3 is 2. The molecule has 0 saturated carbocycles. The van der Waals surface area contributed by atoms with Crippen LogP contribution in [0.4, 0.5) is 0 Å². The number of aryl methyl sites for hydroxylation is 1. The summed E-state index contributed by atoms with van der Waals surface area (Å²) in [4.78, 5) is 4.75. The summed E-state index contributed by atoms with van der Waals surface area (Å²) in [5.74, 6) is 3.30. The van der Waals surface area contributed by atoms with E-state index in [1.807, 2.05) is 18.2 Å². The highest BCUT2D eigenvalue weighted by Gasteiger charge is 2.07. The Morgan fingerprint density at radius 2 is 1.97 bits per heavy atom. The maximum Gasteiger partial charge on any atom is 0.191 e. The summed E-state index contributed by atoms with van der Waals surface area (Å²) in [5, 5.41) is 15.0. The Bertz CT molecular complexity index is 781. The lowest BCUT2D eigenvalue weighted by molar-refractivity contribution is 0.354. The second kappa shape index (κ2) is 14.1. The summed E-state index contributed by atoms with van der Waals surface area (Å²) in [6.07, 6.45) is 4.49. The van der Waals surface area contributed by atoms with Crippen molar-refractivity contribution in [3.05, 3.63) is 35.9 Å². The van der Waals surface area contributed by atoms with Crippen LogP contribution in [0.5, 0.6) is 11.5 Å². The van der Waals surface area contributed by atoms with Crippen LogP contribution in [0, 0.1) is 0 Å². The predicted octanol–water partition coefficient (Wildman–Crippen LogP) is 3.05. The molecule has 2 aromatic rings. The van der Waals surface area contributed by atoms with Crippen LogP contribution in [0.3, 0.4) is 0 Å². The molecule has 0 aliphatic rings. The van der Waals surface area contributed by atoms with Crippen molar-refractivity contribution in [1.29, 1.82) is 0 Å². The minimum Gasteiger partial charge on any atom is -0.493 e. The molecule has 8 nitrogen and oxygen atoms in total. The maximum absolute atomic E-state index is 5.38. The van der Waals surface area contributed by atoms with Crippen molar-refractivity contribution in [1.82, 2.24) is 25.4 Å². The van der Waals surface area contributed by atoms with Crippen molar-refractivity contribution in [3.63, 3.8) is 0 Å². The van der Waals surface area contributed by atoms with Crippen molar-refractivity contribution < 1.29 is 9.47 Å². The fourth-order valence-corrected chi connectivity index (χ4v) is 2.86. The highest BCUT2D eigenvalue weighted by Crippen LogP contribution is 2.27. The van der Waals surface area contributed by atoms with Gasteiger partial charge >= 0.3 is 0 Å². The van der Waals surface area contributed by atoms with Crippen LogP contribution in [-0.2, 0) is 19.4 Å². The average molecular weight is 530 g/mol. The van der Waals surface area contributed by atoms with Crippen molar-refractivity contribution in [3.8, 4) is 11.5 Å². The van der Waals surface area contributed by atoms with Gasteiger partial charge in [-0.05, 0) is 37.5 Å². The zero-order valence-electron chi connectivity index (χ0n) is 18.6. The number of hydrogen-bond acceptors (Lipinski definition) is 5. The molecule has 30 heavy (non-hydrogen) atoms. The lowest BCUT2D eigenvalue weighted by Gasteiger charge is -2.17. The number of ether oxygens (including phenoxy) is 2. The molecule has 0 bridgehead atoms. The van der Waals surface area contributed by atoms with Gasteiger partial charge in [0.2, 0.25) is 0 Å². The number of rotatable bonds is 11. The lowest BCUT2D eigenvalue weighted by Crippen LogP contribution is -2.43. The van der Waals surface area contributed by atoms with Crippen molar-refractivity contribution in [2.75, 3.05) is 27.3 Å². The Labute approximate surface area is 196 Å². The van der Waals surface area contributed by atoms with Crippen molar-refractivity contribution >= 4 is 29.9 Å². The molecule has 0 amide bonds. The molecule has 1 aromatic heterocycles. The van der Waals surface area contributed by atoms with Gasteiger partial charge in [-0.15, -0.1) is 34.2 Å². The number of aliphatic imine (C=N–C) groups is 1. The average Bonchev–Trinajstić information content (AvgIpc) is 3.20. The van der Waals surface area contributed by atoms with E-state index in [1.54, 1.807) is 20.5 Å². The molecule has 0 aliphatic heterocycles. The zero-order chi connectivity index (χ0) is 21.1. The second-order valence-electron chi connectivity index (χ2n) is 6.84. The monoisotopic (exact) mass is 530 g/mol. The summed E-state index contributed by atoms with van der Waals surface area (Å²) in [6.45, 7) is 8.62. The molecule has 168 valence electrons. The Kier molecular flexibility index (Phi) is 12.2. The van der Waals surface area contributed by atoms with Crippen LogP contribution in [0.1, 0.15) is 38.6 Å². The summed E-state index contributed by atoms with van der Waals surface area (Å²) in [7, 11) is 3.29. The van der Waals surface area contributed by atoms with Gasteiger partial charge < -0.3 is 24.7 Å². The Balaban J connectivity index is 0.00000450. The van der Waals surface area contributed by atoms with Crippen molar-refractivity contribution in [2.24, 2.45) is 4.99 Å². The molecule has 1 heterocycles. The predicted molar refractivity (Wildman–Crippen MR) is 131 cm³/mol. The van der Waals surface area contributed by atoms with Gasteiger partial charge in [0.15, 0.2) is 17.5 Å². The first-order valence-electron chi connectivity index (χ1n) is 10.2. The van der Waals surface area contributed by atoms with Crippen LogP contribution in [0.15, 0.2) is 29.5 Å². The Morgan fingerprint density at radius 3 is 2.63 bits per heavy atom. The summed E-state index contributed by atoms with van der Waals surface area (Å²) in [6, 6.07) is 6.33. The quantitative estimate of drug-likeness (QED) is 0.264. The molecule has 9 heteroatoms.